The number of nitrogens with one attached hydrogen (secondary N) is 2. The van der Waals surface area contributed by atoms with E-state index in [-0.39, 0.29) is 5.91 Å². The summed E-state index contributed by atoms with van der Waals surface area (Å²) in [6.07, 6.45) is 3.23. The average molecular weight is 225 g/mol. The molecule has 0 radical (unpaired) electrons. The first-order chi connectivity index (χ1) is 7.74. The molecule has 0 spiro atoms. The van der Waals surface area contributed by atoms with Crippen LogP contribution in [0.25, 0.3) is 0 Å². The van der Waals surface area contributed by atoms with Crippen molar-refractivity contribution in [2.75, 3.05) is 39.8 Å². The third-order valence-electron chi connectivity index (χ3n) is 3.65. The number of piperidine rings is 1. The van der Waals surface area contributed by atoms with Gasteiger partial charge in [0.15, 0.2) is 0 Å². The van der Waals surface area contributed by atoms with Crippen LogP contribution < -0.4 is 10.6 Å². The molecule has 1 atom stereocenters. The summed E-state index contributed by atoms with van der Waals surface area (Å²) in [7, 11) is 2.16. The molecule has 0 aliphatic carbocycles. The number of likely N-dealkylation sites (tertiary alicyclic amines) is 1. The predicted molar refractivity (Wildman–Crippen MR) is 64.2 cm³/mol. The standard InChI is InChI=1S/C12H23N3O/c1-15-4-2-3-10(9-15)8-14-12(16)5-11-6-13-7-11/h10-11,13H,2-9H2,1H3,(H,14,16). The predicted octanol–water partition coefficient (Wildman–Crippen LogP) is 0.0539. The molecule has 4 nitrogen and oxygen atoms in total. The number of hydrogen-bond acceptors (Lipinski definition) is 3. The monoisotopic (exact) mass is 225 g/mol. The third kappa shape index (κ3) is 3.46. The highest BCUT2D eigenvalue weighted by Gasteiger charge is 2.21. The van der Waals surface area contributed by atoms with Gasteiger partial charge in [0.25, 0.3) is 0 Å². The van der Waals surface area contributed by atoms with Gasteiger partial charge in [-0.1, -0.05) is 0 Å². The number of carbonyl (C=O) groups is 1. The first kappa shape index (κ1) is 11.9. The molecule has 16 heavy (non-hydrogen) atoms. The Hall–Kier alpha value is -0.610. The summed E-state index contributed by atoms with van der Waals surface area (Å²) < 4.78 is 0. The van der Waals surface area contributed by atoms with Crippen LogP contribution in [0.3, 0.4) is 0 Å². The van der Waals surface area contributed by atoms with Gasteiger partial charge in [-0.05, 0) is 51.4 Å². The summed E-state index contributed by atoms with van der Waals surface area (Å²) in [6, 6.07) is 0. The van der Waals surface area contributed by atoms with E-state index in [1.54, 1.807) is 0 Å². The molecule has 2 rings (SSSR count). The highest BCUT2D eigenvalue weighted by Crippen LogP contribution is 2.14. The van der Waals surface area contributed by atoms with Gasteiger partial charge < -0.3 is 15.5 Å². The summed E-state index contributed by atoms with van der Waals surface area (Å²) in [4.78, 5) is 14.0. The van der Waals surface area contributed by atoms with Crippen LogP contribution >= 0.6 is 0 Å². The molecule has 2 aliphatic rings. The van der Waals surface area contributed by atoms with Gasteiger partial charge in [-0.3, -0.25) is 4.79 Å². The van der Waals surface area contributed by atoms with Crippen molar-refractivity contribution in [2.45, 2.75) is 19.3 Å². The van der Waals surface area contributed by atoms with E-state index in [1.807, 2.05) is 0 Å². The minimum atomic E-state index is 0.236. The lowest BCUT2D eigenvalue weighted by atomic mass is 9.97. The van der Waals surface area contributed by atoms with E-state index < -0.39 is 0 Å². The van der Waals surface area contributed by atoms with Crippen molar-refractivity contribution >= 4 is 5.91 Å². The molecule has 0 aromatic carbocycles. The van der Waals surface area contributed by atoms with Crippen LogP contribution in [0, 0.1) is 11.8 Å². The largest absolute Gasteiger partial charge is 0.356 e. The minimum absolute atomic E-state index is 0.236. The summed E-state index contributed by atoms with van der Waals surface area (Å²) >= 11 is 0. The van der Waals surface area contributed by atoms with Crippen LogP contribution in [-0.4, -0.2) is 50.6 Å². The number of nitrogens with zero attached hydrogens (tertiary/aromatic N) is 1. The maximum absolute atomic E-state index is 11.6. The van der Waals surface area contributed by atoms with Gasteiger partial charge in [-0.15, -0.1) is 0 Å². The second-order valence-corrected chi connectivity index (χ2v) is 5.30. The number of hydrogen-bond donors (Lipinski definition) is 2. The molecule has 2 saturated heterocycles. The van der Waals surface area contributed by atoms with Crippen molar-refractivity contribution < 1.29 is 4.79 Å². The smallest absolute Gasteiger partial charge is 0.220 e. The molecule has 4 heteroatoms. The third-order valence-corrected chi connectivity index (χ3v) is 3.65. The Balaban J connectivity index is 1.60. The Kier molecular flexibility index (Phi) is 4.18. The average Bonchev–Trinajstić information content (AvgIpc) is 2.21. The van der Waals surface area contributed by atoms with E-state index in [0.29, 0.717) is 18.3 Å². The molecule has 2 aliphatic heterocycles. The molecule has 0 bridgehead atoms. The van der Waals surface area contributed by atoms with Crippen molar-refractivity contribution in [1.29, 1.82) is 0 Å². The summed E-state index contributed by atoms with van der Waals surface area (Å²) in [6.45, 7) is 5.23. The van der Waals surface area contributed by atoms with Gasteiger partial charge in [0.2, 0.25) is 5.91 Å². The maximum atomic E-state index is 11.6. The Morgan fingerprint density at radius 2 is 2.25 bits per heavy atom. The summed E-state index contributed by atoms with van der Waals surface area (Å²) in [5, 5.41) is 6.27. The van der Waals surface area contributed by atoms with E-state index in [9.17, 15) is 4.79 Å². The second kappa shape index (κ2) is 5.64. The molecule has 2 heterocycles. The van der Waals surface area contributed by atoms with Gasteiger partial charge in [0, 0.05) is 19.5 Å². The Morgan fingerprint density at radius 1 is 1.44 bits per heavy atom. The molecule has 1 unspecified atom stereocenters. The van der Waals surface area contributed by atoms with Crippen LogP contribution in [0.2, 0.25) is 0 Å². The molecule has 2 fully saturated rings. The Morgan fingerprint density at radius 3 is 2.88 bits per heavy atom. The highest BCUT2D eigenvalue weighted by molar-refractivity contribution is 5.76. The summed E-state index contributed by atoms with van der Waals surface area (Å²) in [5.74, 6) is 1.47. The highest BCUT2D eigenvalue weighted by atomic mass is 16.1. The molecular formula is C12H23N3O. The molecule has 1 amide bonds. The zero-order valence-corrected chi connectivity index (χ0v) is 10.2. The van der Waals surface area contributed by atoms with E-state index in [0.717, 1.165) is 26.2 Å². The van der Waals surface area contributed by atoms with Crippen molar-refractivity contribution in [3.05, 3.63) is 0 Å². The number of rotatable bonds is 4. The normalized spacial score (nSPS) is 27.4. The van der Waals surface area contributed by atoms with Gasteiger partial charge >= 0.3 is 0 Å². The second-order valence-electron chi connectivity index (χ2n) is 5.30. The fourth-order valence-electron chi connectivity index (χ4n) is 2.53. The minimum Gasteiger partial charge on any atom is -0.356 e. The zero-order chi connectivity index (χ0) is 11.4. The zero-order valence-electron chi connectivity index (χ0n) is 10.2. The molecular weight excluding hydrogens is 202 g/mol. The quantitative estimate of drug-likeness (QED) is 0.711. The van der Waals surface area contributed by atoms with Crippen molar-refractivity contribution in [3.63, 3.8) is 0 Å². The lowest BCUT2D eigenvalue weighted by Gasteiger charge is -2.30. The molecule has 0 aromatic rings. The van der Waals surface area contributed by atoms with Gasteiger partial charge in [0.05, 0.1) is 0 Å². The van der Waals surface area contributed by atoms with Crippen LogP contribution in [-0.2, 0) is 4.79 Å². The number of carbonyl (C=O) groups excluding carboxylic acids is 1. The topological polar surface area (TPSA) is 44.4 Å². The van der Waals surface area contributed by atoms with E-state index in [4.69, 9.17) is 0 Å². The number of amides is 1. The Labute approximate surface area is 97.8 Å². The lowest BCUT2D eigenvalue weighted by molar-refractivity contribution is -0.122. The van der Waals surface area contributed by atoms with Crippen LogP contribution in [0.15, 0.2) is 0 Å². The molecule has 92 valence electrons. The Bertz CT molecular complexity index is 240. The first-order valence-corrected chi connectivity index (χ1v) is 6.40. The fourth-order valence-corrected chi connectivity index (χ4v) is 2.53. The first-order valence-electron chi connectivity index (χ1n) is 6.40. The van der Waals surface area contributed by atoms with Crippen molar-refractivity contribution in [2.24, 2.45) is 11.8 Å². The lowest BCUT2D eigenvalue weighted by Crippen LogP contribution is -2.45. The van der Waals surface area contributed by atoms with E-state index in [1.165, 1.54) is 19.4 Å². The molecule has 0 saturated carbocycles. The van der Waals surface area contributed by atoms with Crippen LogP contribution in [0.5, 0.6) is 0 Å². The van der Waals surface area contributed by atoms with Gasteiger partial charge in [-0.25, -0.2) is 0 Å². The van der Waals surface area contributed by atoms with Crippen LogP contribution in [0.4, 0.5) is 0 Å². The molecule has 2 N–H and O–H groups in total. The SMILES string of the molecule is CN1CCCC(CNC(=O)CC2CNC2)C1. The molecule has 0 aromatic heterocycles. The van der Waals surface area contributed by atoms with E-state index >= 15 is 0 Å². The van der Waals surface area contributed by atoms with E-state index in [2.05, 4.69) is 22.6 Å². The van der Waals surface area contributed by atoms with Crippen molar-refractivity contribution in [3.8, 4) is 0 Å². The van der Waals surface area contributed by atoms with Gasteiger partial charge in [0.1, 0.15) is 0 Å². The van der Waals surface area contributed by atoms with Crippen molar-refractivity contribution in [1.82, 2.24) is 15.5 Å². The summed E-state index contributed by atoms with van der Waals surface area (Å²) in [5.41, 5.74) is 0. The van der Waals surface area contributed by atoms with Gasteiger partial charge in [-0.2, -0.15) is 0 Å². The maximum Gasteiger partial charge on any atom is 0.220 e. The fraction of sp³-hybridized carbons (Fsp3) is 0.917. The van der Waals surface area contributed by atoms with Crippen LogP contribution in [0.1, 0.15) is 19.3 Å².